The SMILES string of the molecule is CCn1nccc1C(=O)C1(CC)CCNCC1. The summed E-state index contributed by atoms with van der Waals surface area (Å²) < 4.78 is 1.81. The zero-order chi connectivity index (χ0) is 12.3. The fourth-order valence-corrected chi connectivity index (χ4v) is 2.70. The Hall–Kier alpha value is -1.16. The minimum atomic E-state index is -0.168. The van der Waals surface area contributed by atoms with E-state index < -0.39 is 0 Å². The zero-order valence-electron chi connectivity index (χ0n) is 10.7. The minimum Gasteiger partial charge on any atom is -0.317 e. The van der Waals surface area contributed by atoms with Gasteiger partial charge in [-0.2, -0.15) is 5.10 Å². The first-order chi connectivity index (χ1) is 8.23. The van der Waals surface area contributed by atoms with Crippen LogP contribution in [0.4, 0.5) is 0 Å². The number of nitrogens with one attached hydrogen (secondary N) is 1. The third kappa shape index (κ3) is 2.14. The molecule has 0 atom stereocenters. The number of aryl methyl sites for hydroxylation is 1. The molecule has 1 aromatic heterocycles. The van der Waals surface area contributed by atoms with Gasteiger partial charge in [0, 0.05) is 18.2 Å². The Balaban J connectivity index is 2.28. The van der Waals surface area contributed by atoms with E-state index in [0.29, 0.717) is 0 Å². The smallest absolute Gasteiger partial charge is 0.187 e. The van der Waals surface area contributed by atoms with Crippen LogP contribution in [-0.2, 0) is 6.54 Å². The van der Waals surface area contributed by atoms with E-state index in [1.165, 1.54) is 0 Å². The number of aromatic nitrogens is 2. The largest absolute Gasteiger partial charge is 0.317 e. The van der Waals surface area contributed by atoms with Crippen molar-refractivity contribution in [3.63, 3.8) is 0 Å². The van der Waals surface area contributed by atoms with E-state index in [1.807, 2.05) is 17.7 Å². The van der Waals surface area contributed by atoms with Crippen molar-refractivity contribution in [2.24, 2.45) is 5.41 Å². The molecule has 1 fully saturated rings. The molecule has 0 amide bonds. The highest BCUT2D eigenvalue weighted by molar-refractivity contribution is 5.99. The van der Waals surface area contributed by atoms with Gasteiger partial charge in [0.05, 0.1) is 0 Å². The van der Waals surface area contributed by atoms with Crippen molar-refractivity contribution in [3.8, 4) is 0 Å². The molecule has 0 saturated carbocycles. The van der Waals surface area contributed by atoms with E-state index in [1.54, 1.807) is 6.20 Å². The maximum atomic E-state index is 12.7. The molecule has 0 spiro atoms. The maximum absolute atomic E-state index is 12.7. The second-order valence-electron chi connectivity index (χ2n) is 4.75. The Bertz CT molecular complexity index is 391. The lowest BCUT2D eigenvalue weighted by atomic mass is 9.72. The number of Topliss-reactive ketones (excluding diaryl/α,β-unsaturated/α-hetero) is 1. The molecule has 2 rings (SSSR count). The Labute approximate surface area is 102 Å². The lowest BCUT2D eigenvalue weighted by Gasteiger charge is -2.35. The van der Waals surface area contributed by atoms with E-state index in [0.717, 1.165) is 44.6 Å². The monoisotopic (exact) mass is 235 g/mol. The van der Waals surface area contributed by atoms with E-state index in [4.69, 9.17) is 0 Å². The van der Waals surface area contributed by atoms with Gasteiger partial charge >= 0.3 is 0 Å². The van der Waals surface area contributed by atoms with Crippen molar-refractivity contribution in [1.82, 2.24) is 15.1 Å². The van der Waals surface area contributed by atoms with Gasteiger partial charge in [-0.15, -0.1) is 0 Å². The van der Waals surface area contributed by atoms with Crippen LogP contribution in [0.15, 0.2) is 12.3 Å². The zero-order valence-corrected chi connectivity index (χ0v) is 10.7. The fraction of sp³-hybridized carbons (Fsp3) is 0.692. The van der Waals surface area contributed by atoms with Crippen molar-refractivity contribution < 1.29 is 4.79 Å². The number of ketones is 1. The Morgan fingerprint density at radius 1 is 1.47 bits per heavy atom. The number of carbonyl (C=O) groups is 1. The number of nitrogens with zero attached hydrogens (tertiary/aromatic N) is 2. The van der Waals surface area contributed by atoms with Gasteiger partial charge in [0.1, 0.15) is 5.69 Å². The molecule has 0 aromatic carbocycles. The molecule has 2 heterocycles. The van der Waals surface area contributed by atoms with Gasteiger partial charge in [-0.05, 0) is 45.3 Å². The van der Waals surface area contributed by atoms with E-state index in [2.05, 4.69) is 17.3 Å². The first-order valence-electron chi connectivity index (χ1n) is 6.51. The van der Waals surface area contributed by atoms with Crippen LogP contribution in [0.5, 0.6) is 0 Å². The molecule has 17 heavy (non-hydrogen) atoms. The van der Waals surface area contributed by atoms with Gasteiger partial charge in [0.25, 0.3) is 0 Å². The highest BCUT2D eigenvalue weighted by Gasteiger charge is 2.39. The van der Waals surface area contributed by atoms with E-state index in [-0.39, 0.29) is 11.2 Å². The van der Waals surface area contributed by atoms with Crippen molar-refractivity contribution in [2.75, 3.05) is 13.1 Å². The van der Waals surface area contributed by atoms with Crippen LogP contribution in [0.3, 0.4) is 0 Å². The fourth-order valence-electron chi connectivity index (χ4n) is 2.70. The molecule has 1 aromatic rings. The number of piperidine rings is 1. The standard InChI is InChI=1S/C13H21N3O/c1-3-13(6-9-14-10-7-13)12(17)11-5-8-15-16(11)4-2/h5,8,14H,3-4,6-7,9-10H2,1-2H3. The molecule has 1 N–H and O–H groups in total. The number of rotatable bonds is 4. The third-order valence-electron chi connectivity index (χ3n) is 3.97. The summed E-state index contributed by atoms with van der Waals surface area (Å²) in [4.78, 5) is 12.7. The maximum Gasteiger partial charge on any atom is 0.187 e. The molecule has 0 radical (unpaired) electrons. The van der Waals surface area contributed by atoms with Gasteiger partial charge in [-0.1, -0.05) is 6.92 Å². The second-order valence-corrected chi connectivity index (χ2v) is 4.75. The van der Waals surface area contributed by atoms with Gasteiger partial charge in [-0.25, -0.2) is 0 Å². The van der Waals surface area contributed by atoms with Crippen LogP contribution in [0.2, 0.25) is 0 Å². The Morgan fingerprint density at radius 3 is 2.76 bits per heavy atom. The lowest BCUT2D eigenvalue weighted by Crippen LogP contribution is -2.42. The first kappa shape index (κ1) is 12.3. The van der Waals surface area contributed by atoms with Crippen molar-refractivity contribution in [1.29, 1.82) is 0 Å². The molecule has 4 heteroatoms. The van der Waals surface area contributed by atoms with Gasteiger partial charge in [0.15, 0.2) is 5.78 Å². The minimum absolute atomic E-state index is 0.168. The summed E-state index contributed by atoms with van der Waals surface area (Å²) >= 11 is 0. The molecule has 1 saturated heterocycles. The van der Waals surface area contributed by atoms with Gasteiger partial charge in [-0.3, -0.25) is 9.48 Å². The summed E-state index contributed by atoms with van der Waals surface area (Å²) in [5, 5.41) is 7.52. The average molecular weight is 235 g/mol. The molecular formula is C13H21N3O. The number of hydrogen-bond acceptors (Lipinski definition) is 3. The predicted molar refractivity (Wildman–Crippen MR) is 67.1 cm³/mol. The summed E-state index contributed by atoms with van der Waals surface area (Å²) in [6.07, 6.45) is 4.53. The van der Waals surface area contributed by atoms with Gasteiger partial charge in [0.2, 0.25) is 0 Å². The molecule has 94 valence electrons. The van der Waals surface area contributed by atoms with Gasteiger partial charge < -0.3 is 5.32 Å². The summed E-state index contributed by atoms with van der Waals surface area (Å²) in [6.45, 7) is 6.78. The van der Waals surface area contributed by atoms with Crippen molar-refractivity contribution in [2.45, 2.75) is 39.7 Å². The van der Waals surface area contributed by atoms with Crippen LogP contribution in [0, 0.1) is 5.41 Å². The highest BCUT2D eigenvalue weighted by Crippen LogP contribution is 2.36. The number of hydrogen-bond donors (Lipinski definition) is 1. The van der Waals surface area contributed by atoms with Crippen LogP contribution in [0.25, 0.3) is 0 Å². The first-order valence-corrected chi connectivity index (χ1v) is 6.51. The molecule has 1 aliphatic heterocycles. The lowest BCUT2D eigenvalue weighted by molar-refractivity contribution is 0.0705. The summed E-state index contributed by atoms with van der Waals surface area (Å²) in [5.41, 5.74) is 0.606. The van der Waals surface area contributed by atoms with Crippen molar-refractivity contribution in [3.05, 3.63) is 18.0 Å². The normalized spacial score (nSPS) is 19.2. The average Bonchev–Trinajstić information content (AvgIpc) is 2.86. The Morgan fingerprint density at radius 2 is 2.18 bits per heavy atom. The summed E-state index contributed by atoms with van der Waals surface area (Å²) in [7, 11) is 0. The van der Waals surface area contributed by atoms with Crippen LogP contribution in [0.1, 0.15) is 43.6 Å². The van der Waals surface area contributed by atoms with Crippen LogP contribution in [-0.4, -0.2) is 28.7 Å². The quantitative estimate of drug-likeness (QED) is 0.810. The summed E-state index contributed by atoms with van der Waals surface area (Å²) in [6, 6.07) is 1.85. The van der Waals surface area contributed by atoms with Crippen LogP contribution >= 0.6 is 0 Å². The third-order valence-corrected chi connectivity index (χ3v) is 3.97. The van der Waals surface area contributed by atoms with E-state index in [9.17, 15) is 4.79 Å². The molecular weight excluding hydrogens is 214 g/mol. The van der Waals surface area contributed by atoms with E-state index >= 15 is 0 Å². The Kier molecular flexibility index (Phi) is 3.62. The van der Waals surface area contributed by atoms with Crippen LogP contribution < -0.4 is 5.32 Å². The second kappa shape index (κ2) is 5.00. The molecule has 4 nitrogen and oxygen atoms in total. The molecule has 0 bridgehead atoms. The molecule has 1 aliphatic rings. The number of carbonyl (C=O) groups excluding carboxylic acids is 1. The predicted octanol–water partition coefficient (Wildman–Crippen LogP) is 1.87. The van der Waals surface area contributed by atoms with Crippen molar-refractivity contribution >= 4 is 5.78 Å². The topological polar surface area (TPSA) is 46.9 Å². The molecule has 0 unspecified atom stereocenters. The summed E-state index contributed by atoms with van der Waals surface area (Å²) in [5.74, 6) is 0.279. The highest BCUT2D eigenvalue weighted by atomic mass is 16.1. The molecule has 0 aliphatic carbocycles.